The van der Waals surface area contributed by atoms with Crippen LogP contribution in [0, 0.1) is 6.92 Å². The van der Waals surface area contributed by atoms with Crippen molar-refractivity contribution in [3.8, 4) is 28.7 Å². The van der Waals surface area contributed by atoms with E-state index < -0.39 is 18.0 Å². The number of esters is 1. The monoisotopic (exact) mass is 623 g/mol. The van der Waals surface area contributed by atoms with Gasteiger partial charge in [0.1, 0.15) is 21.6 Å². The number of aromatic nitrogens is 3. The Morgan fingerprint density at radius 1 is 1.09 bits per heavy atom. The number of aryl methyl sites for hydroxylation is 1. The lowest BCUT2D eigenvalue weighted by atomic mass is 10.1. The van der Waals surface area contributed by atoms with Gasteiger partial charge in [-0.3, -0.25) is 14.9 Å². The molecule has 2 aromatic carbocycles. The van der Waals surface area contributed by atoms with E-state index in [0.29, 0.717) is 53.6 Å². The molecule has 12 nitrogen and oxygen atoms in total. The number of nitrogens with one attached hydrogen (secondary N) is 1. The fraction of sp³-hybridized carbons (Fsp3) is 0.310. The van der Waals surface area contributed by atoms with Gasteiger partial charge < -0.3 is 23.5 Å². The van der Waals surface area contributed by atoms with Crippen LogP contribution in [0.2, 0.25) is 4.34 Å². The highest BCUT2D eigenvalue weighted by molar-refractivity contribution is 7.20. The van der Waals surface area contributed by atoms with E-state index in [1.54, 1.807) is 44.2 Å². The fourth-order valence-electron chi connectivity index (χ4n) is 4.59. The van der Waals surface area contributed by atoms with E-state index in [9.17, 15) is 14.4 Å². The Kier molecular flexibility index (Phi) is 8.00. The van der Waals surface area contributed by atoms with Gasteiger partial charge in [-0.15, -0.1) is 10.2 Å². The highest BCUT2D eigenvalue weighted by Crippen LogP contribution is 2.35. The summed E-state index contributed by atoms with van der Waals surface area (Å²) >= 11 is 7.09. The first-order valence-electron chi connectivity index (χ1n) is 13.6. The van der Waals surface area contributed by atoms with Crippen LogP contribution in [0.1, 0.15) is 52.9 Å². The van der Waals surface area contributed by atoms with Gasteiger partial charge in [-0.05, 0) is 56.2 Å². The first kappa shape index (κ1) is 28.6. The van der Waals surface area contributed by atoms with Gasteiger partial charge in [0, 0.05) is 43.1 Å². The smallest absolute Gasteiger partial charge is 0.359 e. The third kappa shape index (κ3) is 6.47. The number of amides is 2. The van der Waals surface area contributed by atoms with E-state index >= 15 is 0 Å². The van der Waals surface area contributed by atoms with E-state index in [2.05, 4.69) is 20.5 Å². The van der Waals surface area contributed by atoms with Crippen molar-refractivity contribution >= 4 is 45.9 Å². The van der Waals surface area contributed by atoms with Gasteiger partial charge in [0.05, 0.1) is 6.61 Å². The van der Waals surface area contributed by atoms with Crippen LogP contribution in [-0.2, 0) is 9.53 Å². The molecule has 0 spiro atoms. The average molecular weight is 624 g/mol. The molecule has 2 amide bonds. The Morgan fingerprint density at radius 3 is 2.56 bits per heavy atom. The summed E-state index contributed by atoms with van der Waals surface area (Å²) in [6.45, 7) is 4.17. The van der Waals surface area contributed by atoms with Crippen LogP contribution in [-0.4, -0.2) is 63.2 Å². The molecule has 43 heavy (non-hydrogen) atoms. The molecule has 6 rings (SSSR count). The molecule has 2 fully saturated rings. The number of carbonyl (C=O) groups is 3. The SMILES string of the molecule is CCOC(=O)c1nc(NC(=O)c2cc(Oc3ccc(-c4nnc(C)o4)cc3)cc(OC3CCN(C4CC4)C3=O)c2)sc1Cl. The molecule has 1 saturated heterocycles. The molecule has 2 aliphatic rings. The standard InChI is InChI=1S/C29H26ClN5O7S/c1-3-39-28(38)23-24(30)43-29(31-23)32-25(36)17-12-20(41-19-8-4-16(5-9-19)26-34-33-15(2)40-26)14-21(13-17)42-22-10-11-35(27(22)37)18-6-7-18/h4-5,8-9,12-14,18,22H,3,6-7,10-11H2,1-2H3,(H,31,32,36). The van der Waals surface area contributed by atoms with Crippen LogP contribution in [0.25, 0.3) is 11.5 Å². The lowest BCUT2D eigenvalue weighted by Gasteiger charge is -2.17. The van der Waals surface area contributed by atoms with Crippen molar-refractivity contribution in [2.45, 2.75) is 45.3 Å². The number of anilines is 1. The molecular formula is C29H26ClN5O7S. The van der Waals surface area contributed by atoms with Crippen molar-refractivity contribution in [1.29, 1.82) is 0 Å². The highest BCUT2D eigenvalue weighted by atomic mass is 35.5. The molecule has 222 valence electrons. The van der Waals surface area contributed by atoms with Gasteiger partial charge >= 0.3 is 5.97 Å². The van der Waals surface area contributed by atoms with Crippen molar-refractivity contribution in [2.24, 2.45) is 0 Å². The van der Waals surface area contributed by atoms with Crippen LogP contribution in [0.15, 0.2) is 46.9 Å². The minimum atomic E-state index is -0.683. The second-order valence-electron chi connectivity index (χ2n) is 9.92. The molecule has 1 aliphatic carbocycles. The molecule has 2 aromatic heterocycles. The molecule has 4 aromatic rings. The first-order valence-corrected chi connectivity index (χ1v) is 14.8. The van der Waals surface area contributed by atoms with Crippen LogP contribution in [0.4, 0.5) is 5.13 Å². The zero-order chi connectivity index (χ0) is 30.1. The third-order valence-electron chi connectivity index (χ3n) is 6.74. The zero-order valence-corrected chi connectivity index (χ0v) is 24.7. The Labute approximate surface area is 254 Å². The second kappa shape index (κ2) is 12.0. The minimum absolute atomic E-state index is 0.0596. The Hall–Kier alpha value is -4.49. The van der Waals surface area contributed by atoms with Gasteiger partial charge in [-0.1, -0.05) is 22.9 Å². The number of hydrogen-bond acceptors (Lipinski definition) is 11. The molecule has 1 N–H and O–H groups in total. The highest BCUT2D eigenvalue weighted by Gasteiger charge is 2.41. The molecular weight excluding hydrogens is 598 g/mol. The lowest BCUT2D eigenvalue weighted by molar-refractivity contribution is -0.133. The van der Waals surface area contributed by atoms with Crippen molar-refractivity contribution < 1.29 is 33.0 Å². The van der Waals surface area contributed by atoms with Crippen molar-refractivity contribution in [3.63, 3.8) is 0 Å². The first-order chi connectivity index (χ1) is 20.8. The van der Waals surface area contributed by atoms with E-state index in [4.69, 9.17) is 30.2 Å². The third-order valence-corrected chi connectivity index (χ3v) is 7.91. The van der Waals surface area contributed by atoms with E-state index in [0.717, 1.165) is 24.2 Å². The summed E-state index contributed by atoms with van der Waals surface area (Å²) in [4.78, 5) is 44.3. The van der Waals surface area contributed by atoms with Gasteiger partial charge in [0.25, 0.3) is 11.8 Å². The van der Waals surface area contributed by atoms with E-state index in [1.165, 1.54) is 12.1 Å². The van der Waals surface area contributed by atoms with Gasteiger partial charge in [-0.25, -0.2) is 9.78 Å². The largest absolute Gasteiger partial charge is 0.480 e. The van der Waals surface area contributed by atoms with Crippen LogP contribution in [0.3, 0.4) is 0 Å². The minimum Gasteiger partial charge on any atom is -0.480 e. The molecule has 1 unspecified atom stereocenters. The number of hydrogen-bond donors (Lipinski definition) is 1. The Bertz CT molecular complexity index is 1680. The number of halogens is 1. The zero-order valence-electron chi connectivity index (χ0n) is 23.2. The van der Waals surface area contributed by atoms with Gasteiger partial charge in [0.2, 0.25) is 11.8 Å². The van der Waals surface area contributed by atoms with Crippen molar-refractivity contribution in [2.75, 3.05) is 18.5 Å². The number of likely N-dealkylation sites (tertiary alicyclic amines) is 1. The summed E-state index contributed by atoms with van der Waals surface area (Å²) < 4.78 is 22.7. The number of ether oxygens (including phenoxy) is 3. The van der Waals surface area contributed by atoms with Gasteiger partial charge in [-0.2, -0.15) is 0 Å². The number of nitrogens with zero attached hydrogens (tertiary/aromatic N) is 4. The van der Waals surface area contributed by atoms with E-state index in [1.807, 2.05) is 4.90 Å². The van der Waals surface area contributed by atoms with Crippen LogP contribution >= 0.6 is 22.9 Å². The summed E-state index contributed by atoms with van der Waals surface area (Å²) in [5.41, 5.74) is 0.817. The predicted molar refractivity (Wildman–Crippen MR) is 156 cm³/mol. The molecule has 0 bridgehead atoms. The second-order valence-corrected chi connectivity index (χ2v) is 11.5. The number of benzene rings is 2. The summed E-state index contributed by atoms with van der Waals surface area (Å²) in [5.74, 6) is 0.623. The van der Waals surface area contributed by atoms with Crippen molar-refractivity contribution in [1.82, 2.24) is 20.1 Å². The Morgan fingerprint density at radius 2 is 1.86 bits per heavy atom. The summed E-state index contributed by atoms with van der Waals surface area (Å²) in [6.07, 6.45) is 1.91. The molecule has 3 heterocycles. The summed E-state index contributed by atoms with van der Waals surface area (Å²) in [7, 11) is 0. The molecule has 1 saturated carbocycles. The summed E-state index contributed by atoms with van der Waals surface area (Å²) in [6, 6.07) is 12.0. The topological polar surface area (TPSA) is 146 Å². The maximum Gasteiger partial charge on any atom is 0.359 e. The number of thiazole rings is 1. The maximum absolute atomic E-state index is 13.3. The molecule has 1 aliphatic heterocycles. The Balaban J connectivity index is 1.24. The van der Waals surface area contributed by atoms with Crippen LogP contribution in [0.5, 0.6) is 17.2 Å². The predicted octanol–water partition coefficient (Wildman–Crippen LogP) is 5.52. The molecule has 1 atom stereocenters. The maximum atomic E-state index is 13.3. The number of rotatable bonds is 10. The van der Waals surface area contributed by atoms with Gasteiger partial charge in [0.15, 0.2) is 16.9 Å². The normalized spacial score (nSPS) is 16.3. The summed E-state index contributed by atoms with van der Waals surface area (Å²) in [5, 5.41) is 10.6. The fourth-order valence-corrected chi connectivity index (χ4v) is 5.61. The molecule has 14 heteroatoms. The van der Waals surface area contributed by atoms with Crippen molar-refractivity contribution in [3.05, 3.63) is 63.9 Å². The molecule has 0 radical (unpaired) electrons. The lowest BCUT2D eigenvalue weighted by Crippen LogP contribution is -2.33. The quantitative estimate of drug-likeness (QED) is 0.224. The number of carbonyl (C=O) groups excluding carboxylic acids is 3. The van der Waals surface area contributed by atoms with E-state index in [-0.39, 0.29) is 33.2 Å². The van der Waals surface area contributed by atoms with Crippen LogP contribution < -0.4 is 14.8 Å². The average Bonchev–Trinajstić information content (AvgIpc) is 3.47.